The Labute approximate surface area is 100 Å². The molecule has 5 nitrogen and oxygen atoms in total. The summed E-state index contributed by atoms with van der Waals surface area (Å²) in [5.41, 5.74) is 12.3. The summed E-state index contributed by atoms with van der Waals surface area (Å²) in [5, 5.41) is 8.61. The normalized spacial score (nSPS) is 11.8. The van der Waals surface area contributed by atoms with Crippen molar-refractivity contribution in [1.29, 1.82) is 0 Å². The van der Waals surface area contributed by atoms with Gasteiger partial charge in [0.15, 0.2) is 5.96 Å². The van der Waals surface area contributed by atoms with Gasteiger partial charge in [0.1, 0.15) is 0 Å². The molecule has 0 saturated carbocycles. The number of guanidine groups is 1. The number of nitrogens with zero attached hydrogens (tertiary/aromatic N) is 1. The number of nitrogens with two attached hydrogens (primary N) is 2. The quantitative estimate of drug-likeness (QED) is 0.532. The Morgan fingerprint density at radius 2 is 1.94 bits per heavy atom. The van der Waals surface area contributed by atoms with E-state index in [0.717, 1.165) is 5.56 Å². The van der Waals surface area contributed by atoms with Crippen LogP contribution < -0.4 is 11.5 Å². The van der Waals surface area contributed by atoms with Gasteiger partial charge in [-0.25, -0.2) is 4.99 Å². The summed E-state index contributed by atoms with van der Waals surface area (Å²) in [6.07, 6.45) is 0.799. The van der Waals surface area contributed by atoms with Crippen molar-refractivity contribution >= 4 is 17.6 Å². The standard InChI is InChI=1S/C12H17N3O2/c1-8(2-7-11(16)17)9-3-5-10(6-4-9)15-12(13)14/h3-6,8H,2,7H2,1H3,(H,16,17)(H4,13,14,15). The first kappa shape index (κ1) is 13.0. The molecule has 0 aliphatic rings. The highest BCUT2D eigenvalue weighted by atomic mass is 16.4. The predicted molar refractivity (Wildman–Crippen MR) is 67.2 cm³/mol. The lowest BCUT2D eigenvalue weighted by Crippen LogP contribution is -2.21. The van der Waals surface area contributed by atoms with Gasteiger partial charge in [-0.05, 0) is 30.0 Å². The Morgan fingerprint density at radius 3 is 2.41 bits per heavy atom. The molecule has 1 atom stereocenters. The summed E-state index contributed by atoms with van der Waals surface area (Å²) in [6.45, 7) is 2.00. The van der Waals surface area contributed by atoms with Crippen molar-refractivity contribution in [1.82, 2.24) is 0 Å². The zero-order valence-corrected chi connectivity index (χ0v) is 9.76. The Morgan fingerprint density at radius 1 is 1.35 bits per heavy atom. The van der Waals surface area contributed by atoms with Crippen molar-refractivity contribution in [3.63, 3.8) is 0 Å². The first-order valence-electron chi connectivity index (χ1n) is 5.40. The molecule has 0 spiro atoms. The maximum atomic E-state index is 10.5. The van der Waals surface area contributed by atoms with Crippen LogP contribution in [-0.2, 0) is 4.79 Å². The number of hydrogen-bond acceptors (Lipinski definition) is 2. The van der Waals surface area contributed by atoms with Crippen LogP contribution in [0.3, 0.4) is 0 Å². The minimum atomic E-state index is -0.769. The molecule has 0 bridgehead atoms. The molecule has 0 aliphatic carbocycles. The number of benzene rings is 1. The largest absolute Gasteiger partial charge is 0.481 e. The molecule has 1 aromatic rings. The average molecular weight is 235 g/mol. The second kappa shape index (κ2) is 5.89. The van der Waals surface area contributed by atoms with Crippen molar-refractivity contribution in [2.24, 2.45) is 16.5 Å². The van der Waals surface area contributed by atoms with E-state index < -0.39 is 5.97 Å². The summed E-state index contributed by atoms with van der Waals surface area (Å²) >= 11 is 0. The molecule has 0 radical (unpaired) electrons. The van der Waals surface area contributed by atoms with Crippen molar-refractivity contribution in [3.05, 3.63) is 29.8 Å². The van der Waals surface area contributed by atoms with E-state index in [1.54, 1.807) is 0 Å². The maximum absolute atomic E-state index is 10.5. The topological polar surface area (TPSA) is 102 Å². The molecule has 0 saturated heterocycles. The van der Waals surface area contributed by atoms with E-state index >= 15 is 0 Å². The number of carbonyl (C=O) groups is 1. The van der Waals surface area contributed by atoms with Crippen LogP contribution in [0.15, 0.2) is 29.3 Å². The second-order valence-electron chi connectivity index (χ2n) is 3.96. The summed E-state index contributed by atoms with van der Waals surface area (Å²) in [7, 11) is 0. The Balaban J connectivity index is 2.67. The van der Waals surface area contributed by atoms with E-state index in [9.17, 15) is 4.79 Å². The van der Waals surface area contributed by atoms with Gasteiger partial charge < -0.3 is 16.6 Å². The number of carboxylic acids is 1. The molecule has 0 heterocycles. The molecule has 1 unspecified atom stereocenters. The highest BCUT2D eigenvalue weighted by Crippen LogP contribution is 2.23. The van der Waals surface area contributed by atoms with Crippen LogP contribution in [0.1, 0.15) is 31.2 Å². The van der Waals surface area contributed by atoms with Crippen LogP contribution in [0.2, 0.25) is 0 Å². The van der Waals surface area contributed by atoms with Gasteiger partial charge >= 0.3 is 5.97 Å². The van der Waals surface area contributed by atoms with Gasteiger partial charge in [0.2, 0.25) is 0 Å². The third kappa shape index (κ3) is 4.55. The van der Waals surface area contributed by atoms with Gasteiger partial charge in [0.05, 0.1) is 5.69 Å². The highest BCUT2D eigenvalue weighted by Gasteiger charge is 2.07. The van der Waals surface area contributed by atoms with Crippen LogP contribution >= 0.6 is 0 Å². The minimum absolute atomic E-state index is 0.0247. The summed E-state index contributed by atoms with van der Waals surface area (Å²) in [6, 6.07) is 7.45. The number of aliphatic carboxylic acids is 1. The molecule has 1 rings (SSSR count). The van der Waals surface area contributed by atoms with Crippen molar-refractivity contribution < 1.29 is 9.90 Å². The minimum Gasteiger partial charge on any atom is -0.481 e. The van der Waals surface area contributed by atoms with E-state index in [1.165, 1.54) is 0 Å². The van der Waals surface area contributed by atoms with Crippen molar-refractivity contribution in [3.8, 4) is 0 Å². The first-order valence-corrected chi connectivity index (χ1v) is 5.40. The Bertz CT molecular complexity index is 408. The highest BCUT2D eigenvalue weighted by molar-refractivity contribution is 5.78. The van der Waals surface area contributed by atoms with E-state index in [4.69, 9.17) is 16.6 Å². The van der Waals surface area contributed by atoms with Gasteiger partial charge in [-0.1, -0.05) is 19.1 Å². The average Bonchev–Trinajstić information content (AvgIpc) is 2.26. The van der Waals surface area contributed by atoms with Gasteiger partial charge in [-0.3, -0.25) is 4.79 Å². The first-order chi connectivity index (χ1) is 7.99. The third-order valence-corrected chi connectivity index (χ3v) is 2.51. The fourth-order valence-electron chi connectivity index (χ4n) is 1.53. The molecule has 5 heteroatoms. The van der Waals surface area contributed by atoms with Gasteiger partial charge in [-0.15, -0.1) is 0 Å². The Kier molecular flexibility index (Phi) is 4.51. The summed E-state index contributed by atoms with van der Waals surface area (Å²) < 4.78 is 0. The molecular formula is C12H17N3O2. The lowest BCUT2D eigenvalue weighted by molar-refractivity contribution is -0.137. The molecular weight excluding hydrogens is 218 g/mol. The summed E-state index contributed by atoms with van der Waals surface area (Å²) in [4.78, 5) is 14.4. The predicted octanol–water partition coefficient (Wildman–Crippen LogP) is 1.56. The second-order valence-corrected chi connectivity index (χ2v) is 3.96. The zero-order valence-electron chi connectivity index (χ0n) is 9.76. The monoisotopic (exact) mass is 235 g/mol. The molecule has 0 fully saturated rings. The smallest absolute Gasteiger partial charge is 0.303 e. The van der Waals surface area contributed by atoms with E-state index in [-0.39, 0.29) is 18.3 Å². The third-order valence-electron chi connectivity index (χ3n) is 2.51. The number of hydrogen-bond donors (Lipinski definition) is 3. The molecule has 1 aromatic carbocycles. The van der Waals surface area contributed by atoms with E-state index in [1.807, 2.05) is 31.2 Å². The fourth-order valence-corrected chi connectivity index (χ4v) is 1.53. The lowest BCUT2D eigenvalue weighted by Gasteiger charge is -2.10. The molecule has 0 amide bonds. The molecule has 17 heavy (non-hydrogen) atoms. The maximum Gasteiger partial charge on any atom is 0.303 e. The van der Waals surface area contributed by atoms with Crippen molar-refractivity contribution in [2.45, 2.75) is 25.7 Å². The van der Waals surface area contributed by atoms with Crippen LogP contribution in [-0.4, -0.2) is 17.0 Å². The molecule has 0 aliphatic heterocycles. The molecule has 0 aromatic heterocycles. The summed E-state index contributed by atoms with van der Waals surface area (Å²) in [5.74, 6) is -0.537. The van der Waals surface area contributed by atoms with Gasteiger partial charge in [-0.2, -0.15) is 0 Å². The van der Waals surface area contributed by atoms with Gasteiger partial charge in [0, 0.05) is 6.42 Å². The molecule has 5 N–H and O–H groups in total. The molecule has 92 valence electrons. The van der Waals surface area contributed by atoms with Gasteiger partial charge in [0.25, 0.3) is 0 Å². The fraction of sp³-hybridized carbons (Fsp3) is 0.333. The van der Waals surface area contributed by atoms with Crippen LogP contribution in [0.4, 0.5) is 5.69 Å². The number of rotatable bonds is 5. The lowest BCUT2D eigenvalue weighted by atomic mass is 9.96. The zero-order chi connectivity index (χ0) is 12.8. The van der Waals surface area contributed by atoms with Crippen LogP contribution in [0, 0.1) is 0 Å². The number of aliphatic imine (C=N–C) groups is 1. The van der Waals surface area contributed by atoms with Crippen molar-refractivity contribution in [2.75, 3.05) is 0 Å². The van der Waals surface area contributed by atoms with E-state index in [0.29, 0.717) is 12.1 Å². The van der Waals surface area contributed by atoms with Crippen LogP contribution in [0.5, 0.6) is 0 Å². The van der Waals surface area contributed by atoms with Crippen LogP contribution in [0.25, 0.3) is 0 Å². The van der Waals surface area contributed by atoms with E-state index in [2.05, 4.69) is 4.99 Å². The number of carboxylic acid groups (broad SMARTS) is 1. The Hall–Kier alpha value is -2.04. The SMILES string of the molecule is CC(CCC(=O)O)c1ccc(N=C(N)N)cc1.